The molecule has 0 heterocycles. The van der Waals surface area contributed by atoms with Gasteiger partial charge in [0.15, 0.2) is 0 Å². The van der Waals surface area contributed by atoms with E-state index in [0.29, 0.717) is 13.1 Å². The zero-order chi connectivity index (χ0) is 14.3. The maximum Gasteiger partial charge on any atom is 0.222 e. The fraction of sp³-hybridized carbons (Fsp3) is 0.500. The monoisotopic (exact) mass is 302 g/mol. The predicted molar refractivity (Wildman–Crippen MR) is 81.3 cm³/mol. The molecule has 0 saturated heterocycles. The quantitative estimate of drug-likeness (QED) is 0.798. The Morgan fingerprint density at radius 3 is 2.65 bits per heavy atom. The fourth-order valence-electron chi connectivity index (χ4n) is 1.72. The standard InChI is InChI=1S/C14H22N2O3.ClH/c1-10-4-5-11(6-13(10)19-3)9-16-14(17)7-12(8-15)18-2;/h4-6,12H,7-9,15H2,1-3H3,(H,16,17);1H. The highest BCUT2D eigenvalue weighted by molar-refractivity contribution is 5.85. The lowest BCUT2D eigenvalue weighted by Gasteiger charge is -2.13. The third kappa shape index (κ3) is 5.77. The van der Waals surface area contributed by atoms with E-state index in [4.69, 9.17) is 15.2 Å². The second-order valence-corrected chi connectivity index (χ2v) is 4.38. The molecule has 6 heteroatoms. The van der Waals surface area contributed by atoms with Gasteiger partial charge in [0.1, 0.15) is 5.75 Å². The zero-order valence-electron chi connectivity index (χ0n) is 12.1. The molecule has 0 aliphatic heterocycles. The molecule has 0 bridgehead atoms. The van der Waals surface area contributed by atoms with Crippen molar-refractivity contribution >= 4 is 18.3 Å². The molecule has 1 aromatic carbocycles. The molecule has 0 fully saturated rings. The number of hydrogen-bond donors (Lipinski definition) is 2. The highest BCUT2D eigenvalue weighted by Crippen LogP contribution is 2.18. The number of carbonyl (C=O) groups excluding carboxylic acids is 1. The molecule has 114 valence electrons. The topological polar surface area (TPSA) is 73.6 Å². The minimum atomic E-state index is -0.229. The Balaban J connectivity index is 0.00000361. The largest absolute Gasteiger partial charge is 0.496 e. The van der Waals surface area contributed by atoms with E-state index in [2.05, 4.69) is 5.32 Å². The van der Waals surface area contributed by atoms with E-state index < -0.39 is 0 Å². The van der Waals surface area contributed by atoms with Crippen LogP contribution in [-0.4, -0.2) is 32.8 Å². The van der Waals surface area contributed by atoms with Crippen LogP contribution in [0.1, 0.15) is 17.5 Å². The molecule has 5 nitrogen and oxygen atoms in total. The third-order valence-corrected chi connectivity index (χ3v) is 2.97. The summed E-state index contributed by atoms with van der Waals surface area (Å²) in [6.45, 7) is 2.78. The van der Waals surface area contributed by atoms with Crippen LogP contribution in [0, 0.1) is 6.92 Å². The minimum Gasteiger partial charge on any atom is -0.496 e. The number of carbonyl (C=O) groups is 1. The van der Waals surface area contributed by atoms with Crippen molar-refractivity contribution in [3.63, 3.8) is 0 Å². The van der Waals surface area contributed by atoms with Gasteiger partial charge in [-0.15, -0.1) is 12.4 Å². The van der Waals surface area contributed by atoms with Gasteiger partial charge >= 0.3 is 0 Å². The summed E-state index contributed by atoms with van der Waals surface area (Å²) < 4.78 is 10.3. The van der Waals surface area contributed by atoms with Crippen LogP contribution in [0.25, 0.3) is 0 Å². The lowest BCUT2D eigenvalue weighted by molar-refractivity contribution is -0.123. The Bertz CT molecular complexity index is 423. The highest BCUT2D eigenvalue weighted by atomic mass is 35.5. The van der Waals surface area contributed by atoms with Gasteiger partial charge in [0.2, 0.25) is 5.91 Å². The summed E-state index contributed by atoms with van der Waals surface area (Å²) in [7, 11) is 3.19. The van der Waals surface area contributed by atoms with Crippen LogP contribution < -0.4 is 15.8 Å². The van der Waals surface area contributed by atoms with Gasteiger partial charge in [0.05, 0.1) is 19.6 Å². The van der Waals surface area contributed by atoms with Crippen molar-refractivity contribution in [1.29, 1.82) is 0 Å². The maximum atomic E-state index is 11.7. The lowest BCUT2D eigenvalue weighted by atomic mass is 10.1. The zero-order valence-corrected chi connectivity index (χ0v) is 13.0. The molecular weight excluding hydrogens is 280 g/mol. The first-order valence-corrected chi connectivity index (χ1v) is 6.23. The van der Waals surface area contributed by atoms with Gasteiger partial charge < -0.3 is 20.5 Å². The van der Waals surface area contributed by atoms with Gasteiger partial charge in [-0.05, 0) is 24.1 Å². The maximum absolute atomic E-state index is 11.7. The molecule has 20 heavy (non-hydrogen) atoms. The smallest absolute Gasteiger partial charge is 0.222 e. The molecule has 0 spiro atoms. The molecule has 1 unspecified atom stereocenters. The van der Waals surface area contributed by atoms with E-state index in [9.17, 15) is 4.79 Å². The fourth-order valence-corrected chi connectivity index (χ4v) is 1.72. The number of rotatable bonds is 7. The Hall–Kier alpha value is -1.30. The van der Waals surface area contributed by atoms with Crippen molar-refractivity contribution in [2.75, 3.05) is 20.8 Å². The summed E-state index contributed by atoms with van der Waals surface area (Å²) in [6.07, 6.45) is 0.0447. The normalized spacial score (nSPS) is 11.4. The van der Waals surface area contributed by atoms with Crippen molar-refractivity contribution < 1.29 is 14.3 Å². The molecule has 0 radical (unpaired) electrons. The molecule has 0 saturated carbocycles. The second-order valence-electron chi connectivity index (χ2n) is 4.38. The molecule has 1 amide bonds. The Morgan fingerprint density at radius 2 is 2.10 bits per heavy atom. The van der Waals surface area contributed by atoms with E-state index in [1.54, 1.807) is 14.2 Å². The number of amides is 1. The average Bonchev–Trinajstić information content (AvgIpc) is 2.43. The number of ether oxygens (including phenoxy) is 2. The molecule has 1 atom stereocenters. The summed E-state index contributed by atoms with van der Waals surface area (Å²) >= 11 is 0. The first kappa shape index (κ1) is 18.7. The molecule has 3 N–H and O–H groups in total. The molecule has 1 aromatic rings. The van der Waals surface area contributed by atoms with E-state index in [0.717, 1.165) is 16.9 Å². The number of nitrogens with two attached hydrogens (primary N) is 1. The number of nitrogens with one attached hydrogen (secondary N) is 1. The Labute approximate surface area is 126 Å². The first-order chi connectivity index (χ1) is 9.10. The van der Waals surface area contributed by atoms with Gasteiger partial charge in [0, 0.05) is 20.2 Å². The molecule has 0 aliphatic carbocycles. The van der Waals surface area contributed by atoms with E-state index in [-0.39, 0.29) is 30.8 Å². The predicted octanol–water partition coefficient (Wildman–Crippen LogP) is 1.41. The third-order valence-electron chi connectivity index (χ3n) is 2.97. The van der Waals surface area contributed by atoms with Crippen LogP contribution >= 0.6 is 12.4 Å². The van der Waals surface area contributed by atoms with Crippen molar-refractivity contribution in [2.24, 2.45) is 5.73 Å². The summed E-state index contributed by atoms with van der Waals surface area (Å²) in [5.74, 6) is 0.750. The molecular formula is C14H23ClN2O3. The number of methoxy groups -OCH3 is 2. The Kier molecular flexibility index (Phi) is 8.96. The van der Waals surface area contributed by atoms with Gasteiger partial charge in [-0.3, -0.25) is 4.79 Å². The van der Waals surface area contributed by atoms with Crippen molar-refractivity contribution in [1.82, 2.24) is 5.32 Å². The Morgan fingerprint density at radius 1 is 1.40 bits per heavy atom. The van der Waals surface area contributed by atoms with Crippen LogP contribution in [0.2, 0.25) is 0 Å². The van der Waals surface area contributed by atoms with Crippen LogP contribution in [0.3, 0.4) is 0 Å². The molecule has 0 aromatic heterocycles. The number of hydrogen-bond acceptors (Lipinski definition) is 4. The van der Waals surface area contributed by atoms with Gasteiger partial charge in [-0.2, -0.15) is 0 Å². The second kappa shape index (κ2) is 9.58. The van der Waals surface area contributed by atoms with Crippen molar-refractivity contribution in [3.05, 3.63) is 29.3 Å². The number of aryl methyl sites for hydroxylation is 1. The highest BCUT2D eigenvalue weighted by Gasteiger charge is 2.11. The summed E-state index contributed by atoms with van der Waals surface area (Å²) in [4.78, 5) is 11.7. The van der Waals surface area contributed by atoms with Gasteiger partial charge in [-0.1, -0.05) is 12.1 Å². The summed E-state index contributed by atoms with van der Waals surface area (Å²) in [5, 5.41) is 2.84. The molecule has 1 rings (SSSR count). The average molecular weight is 303 g/mol. The molecule has 0 aliphatic rings. The van der Waals surface area contributed by atoms with Gasteiger partial charge in [-0.25, -0.2) is 0 Å². The van der Waals surface area contributed by atoms with Gasteiger partial charge in [0.25, 0.3) is 0 Å². The van der Waals surface area contributed by atoms with Crippen LogP contribution in [0.4, 0.5) is 0 Å². The number of halogens is 1. The van der Waals surface area contributed by atoms with Crippen LogP contribution in [0.15, 0.2) is 18.2 Å². The first-order valence-electron chi connectivity index (χ1n) is 6.23. The van der Waals surface area contributed by atoms with Crippen LogP contribution in [0.5, 0.6) is 5.75 Å². The summed E-state index contributed by atoms with van der Waals surface area (Å²) in [5.41, 5.74) is 7.54. The summed E-state index contributed by atoms with van der Waals surface area (Å²) in [6, 6.07) is 5.86. The van der Waals surface area contributed by atoms with E-state index >= 15 is 0 Å². The van der Waals surface area contributed by atoms with E-state index in [1.807, 2.05) is 25.1 Å². The van der Waals surface area contributed by atoms with Crippen molar-refractivity contribution in [3.8, 4) is 5.75 Å². The lowest BCUT2D eigenvalue weighted by Crippen LogP contribution is -2.31. The SMILES string of the molecule is COc1cc(CNC(=O)CC(CN)OC)ccc1C.Cl. The van der Waals surface area contributed by atoms with Crippen molar-refractivity contribution in [2.45, 2.75) is 26.0 Å². The minimum absolute atomic E-state index is 0. The van der Waals surface area contributed by atoms with Crippen LogP contribution in [-0.2, 0) is 16.1 Å². The van der Waals surface area contributed by atoms with E-state index in [1.165, 1.54) is 0 Å². The number of benzene rings is 1.